The molecule has 0 radical (unpaired) electrons. The molecule has 106 valence electrons. The summed E-state index contributed by atoms with van der Waals surface area (Å²) in [6.45, 7) is 1.87. The second-order valence-electron chi connectivity index (χ2n) is 4.66. The van der Waals surface area contributed by atoms with Gasteiger partial charge in [-0.3, -0.25) is 4.79 Å². The van der Waals surface area contributed by atoms with Gasteiger partial charge in [0.2, 0.25) is 0 Å². The number of aromatic nitrogens is 1. The highest BCUT2D eigenvalue weighted by atomic mass is 35.5. The number of methoxy groups -OCH3 is 1. The summed E-state index contributed by atoms with van der Waals surface area (Å²) in [4.78, 5) is 12.3. The zero-order chi connectivity index (χ0) is 14.9. The molecule has 0 saturated heterocycles. The molecule has 1 atom stereocenters. The highest BCUT2D eigenvalue weighted by molar-refractivity contribution is 6.30. The van der Waals surface area contributed by atoms with E-state index in [4.69, 9.17) is 22.1 Å². The molecule has 0 aliphatic rings. The van der Waals surface area contributed by atoms with Gasteiger partial charge in [-0.05, 0) is 37.3 Å². The quantitative estimate of drug-likeness (QED) is 0.945. The van der Waals surface area contributed by atoms with E-state index in [1.165, 1.54) is 0 Å². The number of benzene rings is 1. The fourth-order valence-corrected chi connectivity index (χ4v) is 2.28. The molecule has 0 bridgehead atoms. The molecule has 2 aromatic rings. The van der Waals surface area contributed by atoms with E-state index in [-0.39, 0.29) is 5.56 Å². The first kappa shape index (κ1) is 14.6. The van der Waals surface area contributed by atoms with Crippen LogP contribution < -0.4 is 16.0 Å². The lowest BCUT2D eigenvalue weighted by atomic mass is 9.99. The third-order valence-corrected chi connectivity index (χ3v) is 3.68. The van der Waals surface area contributed by atoms with Crippen molar-refractivity contribution in [2.24, 2.45) is 12.8 Å². The maximum Gasteiger partial charge on any atom is 0.255 e. The van der Waals surface area contributed by atoms with Gasteiger partial charge in [0.05, 0.1) is 13.2 Å². The van der Waals surface area contributed by atoms with Crippen molar-refractivity contribution >= 4 is 11.6 Å². The van der Waals surface area contributed by atoms with Crippen LogP contribution >= 0.6 is 11.6 Å². The third kappa shape index (κ3) is 2.57. The minimum Gasteiger partial charge on any atom is -0.496 e. The summed E-state index contributed by atoms with van der Waals surface area (Å²) in [6.07, 6.45) is 0. The molecule has 5 heteroatoms. The summed E-state index contributed by atoms with van der Waals surface area (Å²) >= 11 is 6.01. The molecule has 1 unspecified atom stereocenters. The number of hydrogen-bond donors (Lipinski definition) is 1. The largest absolute Gasteiger partial charge is 0.496 e. The Morgan fingerprint density at radius 1 is 1.25 bits per heavy atom. The minimum atomic E-state index is -0.581. The van der Waals surface area contributed by atoms with E-state index < -0.39 is 6.04 Å². The van der Waals surface area contributed by atoms with Crippen molar-refractivity contribution in [2.45, 2.75) is 13.0 Å². The van der Waals surface area contributed by atoms with Crippen molar-refractivity contribution in [3.63, 3.8) is 0 Å². The SMILES string of the molecule is COc1ccc(Cl)cc1C(N)c1ccc(C)n(C)c1=O. The van der Waals surface area contributed by atoms with Crippen molar-refractivity contribution in [3.8, 4) is 5.75 Å². The molecule has 0 amide bonds. The van der Waals surface area contributed by atoms with Crippen LogP contribution in [0, 0.1) is 6.92 Å². The first-order valence-corrected chi connectivity index (χ1v) is 6.59. The van der Waals surface area contributed by atoms with Crippen LogP contribution in [0.1, 0.15) is 22.9 Å². The van der Waals surface area contributed by atoms with E-state index in [2.05, 4.69) is 0 Å². The fourth-order valence-electron chi connectivity index (χ4n) is 2.10. The van der Waals surface area contributed by atoms with Gasteiger partial charge in [0.25, 0.3) is 5.56 Å². The number of rotatable bonds is 3. The van der Waals surface area contributed by atoms with Crippen LogP contribution in [0.15, 0.2) is 35.1 Å². The van der Waals surface area contributed by atoms with E-state index in [0.29, 0.717) is 21.9 Å². The molecule has 0 fully saturated rings. The summed E-state index contributed by atoms with van der Waals surface area (Å²) in [7, 11) is 3.29. The first-order chi connectivity index (χ1) is 9.45. The van der Waals surface area contributed by atoms with Gasteiger partial charge in [0, 0.05) is 28.9 Å². The molecule has 1 aromatic carbocycles. The van der Waals surface area contributed by atoms with Crippen LogP contribution in [-0.2, 0) is 7.05 Å². The van der Waals surface area contributed by atoms with Crippen LogP contribution in [0.4, 0.5) is 0 Å². The zero-order valence-corrected chi connectivity index (χ0v) is 12.4. The summed E-state index contributed by atoms with van der Waals surface area (Å²) in [5.74, 6) is 0.615. The van der Waals surface area contributed by atoms with Gasteiger partial charge in [-0.2, -0.15) is 0 Å². The summed E-state index contributed by atoms with van der Waals surface area (Å²) in [6, 6.07) is 8.24. The molecular formula is C15H17ClN2O2. The molecule has 4 nitrogen and oxygen atoms in total. The first-order valence-electron chi connectivity index (χ1n) is 6.21. The van der Waals surface area contributed by atoms with Crippen LogP contribution in [0.25, 0.3) is 0 Å². The van der Waals surface area contributed by atoms with E-state index in [1.807, 2.05) is 13.0 Å². The molecule has 0 spiro atoms. The lowest BCUT2D eigenvalue weighted by molar-refractivity contribution is 0.407. The number of nitrogens with two attached hydrogens (primary N) is 1. The topological polar surface area (TPSA) is 57.2 Å². The molecule has 1 aromatic heterocycles. The summed E-state index contributed by atoms with van der Waals surface area (Å²) in [5, 5.41) is 0.556. The van der Waals surface area contributed by atoms with Gasteiger partial charge in [-0.1, -0.05) is 11.6 Å². The van der Waals surface area contributed by atoms with Gasteiger partial charge < -0.3 is 15.0 Å². The maximum atomic E-state index is 12.3. The number of hydrogen-bond acceptors (Lipinski definition) is 3. The molecule has 0 aliphatic carbocycles. The Balaban J connectivity index is 2.57. The Bertz CT molecular complexity index is 695. The van der Waals surface area contributed by atoms with Crippen LogP contribution in [0.5, 0.6) is 5.75 Å². The Hall–Kier alpha value is -1.78. The number of ether oxygens (including phenoxy) is 1. The Morgan fingerprint density at radius 2 is 1.95 bits per heavy atom. The molecular weight excluding hydrogens is 276 g/mol. The summed E-state index contributed by atoms with van der Waals surface area (Å²) in [5.41, 5.74) is 8.20. The monoisotopic (exact) mass is 292 g/mol. The van der Waals surface area contributed by atoms with Gasteiger partial charge in [-0.15, -0.1) is 0 Å². The van der Waals surface area contributed by atoms with E-state index in [1.54, 1.807) is 43.0 Å². The van der Waals surface area contributed by atoms with Crippen molar-refractivity contribution in [3.05, 3.63) is 62.5 Å². The predicted molar refractivity (Wildman–Crippen MR) is 80.5 cm³/mol. The zero-order valence-electron chi connectivity index (χ0n) is 11.7. The molecule has 2 N–H and O–H groups in total. The van der Waals surface area contributed by atoms with Gasteiger partial charge in [0.1, 0.15) is 5.75 Å². The molecule has 0 saturated carbocycles. The van der Waals surface area contributed by atoms with Gasteiger partial charge in [0.15, 0.2) is 0 Å². The van der Waals surface area contributed by atoms with Crippen molar-refractivity contribution in [2.75, 3.05) is 7.11 Å². The van der Waals surface area contributed by atoms with Crippen molar-refractivity contribution in [1.82, 2.24) is 4.57 Å². The predicted octanol–water partition coefficient (Wildman–Crippen LogP) is 2.40. The van der Waals surface area contributed by atoms with E-state index in [9.17, 15) is 4.79 Å². The van der Waals surface area contributed by atoms with E-state index in [0.717, 1.165) is 5.69 Å². The maximum absolute atomic E-state index is 12.3. The summed E-state index contributed by atoms with van der Waals surface area (Å²) < 4.78 is 6.86. The molecule has 20 heavy (non-hydrogen) atoms. The number of halogens is 1. The van der Waals surface area contributed by atoms with Crippen molar-refractivity contribution < 1.29 is 4.74 Å². The highest BCUT2D eigenvalue weighted by Gasteiger charge is 2.18. The second kappa shape index (κ2) is 5.69. The minimum absolute atomic E-state index is 0.112. The number of aryl methyl sites for hydroxylation is 1. The fraction of sp³-hybridized carbons (Fsp3) is 0.267. The van der Waals surface area contributed by atoms with Crippen molar-refractivity contribution in [1.29, 1.82) is 0 Å². The molecule has 2 rings (SSSR count). The average molecular weight is 293 g/mol. The average Bonchev–Trinajstić information content (AvgIpc) is 2.44. The number of pyridine rings is 1. The van der Waals surface area contributed by atoms with Gasteiger partial charge in [-0.25, -0.2) is 0 Å². The Kier molecular flexibility index (Phi) is 4.16. The second-order valence-corrected chi connectivity index (χ2v) is 5.09. The molecule has 0 aliphatic heterocycles. The standard InChI is InChI=1S/C15H17ClN2O2/c1-9-4-6-11(15(19)18(9)2)14(17)12-8-10(16)5-7-13(12)20-3/h4-8,14H,17H2,1-3H3. The van der Waals surface area contributed by atoms with Crippen LogP contribution in [0.3, 0.4) is 0 Å². The Morgan fingerprint density at radius 3 is 2.60 bits per heavy atom. The number of nitrogens with zero attached hydrogens (tertiary/aromatic N) is 1. The van der Waals surface area contributed by atoms with Crippen LogP contribution in [0.2, 0.25) is 5.02 Å². The lowest BCUT2D eigenvalue weighted by Gasteiger charge is -2.17. The third-order valence-electron chi connectivity index (χ3n) is 3.45. The highest BCUT2D eigenvalue weighted by Crippen LogP contribution is 2.29. The smallest absolute Gasteiger partial charge is 0.255 e. The van der Waals surface area contributed by atoms with Gasteiger partial charge >= 0.3 is 0 Å². The Labute approximate surface area is 122 Å². The van der Waals surface area contributed by atoms with E-state index >= 15 is 0 Å². The normalized spacial score (nSPS) is 12.2. The van der Waals surface area contributed by atoms with Crippen LogP contribution in [-0.4, -0.2) is 11.7 Å². The molecule has 1 heterocycles. The lowest BCUT2D eigenvalue weighted by Crippen LogP contribution is -2.28.